The molecule has 0 saturated carbocycles. The van der Waals surface area contributed by atoms with E-state index >= 15 is 0 Å². The molecule has 0 radical (unpaired) electrons. The third-order valence-electron chi connectivity index (χ3n) is 3.42. The molecule has 0 unspecified atom stereocenters. The number of halogens is 2. The fourth-order valence-electron chi connectivity index (χ4n) is 2.41. The first-order valence-corrected chi connectivity index (χ1v) is 7.39. The van der Waals surface area contributed by atoms with Crippen LogP contribution in [0.15, 0.2) is 24.4 Å². The summed E-state index contributed by atoms with van der Waals surface area (Å²) in [6.45, 7) is 2.05. The third-order valence-corrected chi connectivity index (χ3v) is 3.97. The van der Waals surface area contributed by atoms with Gasteiger partial charge >= 0.3 is 0 Å². The van der Waals surface area contributed by atoms with E-state index in [2.05, 4.69) is 15.3 Å². The van der Waals surface area contributed by atoms with Gasteiger partial charge in [0.25, 0.3) is 0 Å². The van der Waals surface area contributed by atoms with Crippen LogP contribution in [0.2, 0.25) is 10.0 Å². The number of rotatable bonds is 2. The molecule has 1 atom stereocenters. The Morgan fingerprint density at radius 2 is 2.10 bits per heavy atom. The van der Waals surface area contributed by atoms with Gasteiger partial charge in [0.2, 0.25) is 5.95 Å². The lowest BCUT2D eigenvalue weighted by atomic mass is 9.88. The highest BCUT2D eigenvalue weighted by Gasteiger charge is 2.24. The Bertz CT molecular complexity index is 718. The smallest absolute Gasteiger partial charge is 0.227 e. The molecular weight excluding hydrogens is 309 g/mol. The molecule has 0 fully saturated rings. The first-order chi connectivity index (χ1) is 10.0. The number of carbonyl (C=O) groups excluding carboxylic acids is 1. The van der Waals surface area contributed by atoms with Gasteiger partial charge in [-0.2, -0.15) is 0 Å². The molecular formula is C15H13Cl2N3O. The fourth-order valence-corrected chi connectivity index (χ4v) is 2.86. The Balaban J connectivity index is 1.90. The zero-order valence-electron chi connectivity index (χ0n) is 11.4. The first-order valence-electron chi connectivity index (χ1n) is 6.64. The van der Waals surface area contributed by atoms with Crippen molar-refractivity contribution in [2.24, 2.45) is 5.92 Å². The van der Waals surface area contributed by atoms with E-state index in [9.17, 15) is 4.79 Å². The Kier molecular flexibility index (Phi) is 3.83. The number of fused-ring (bicyclic) bond motifs is 1. The SMILES string of the molecule is C[C@H]1CC(=O)c2cnc(Nc3ccc(Cl)cc3Cl)nc2C1. The van der Waals surface area contributed by atoms with Gasteiger partial charge in [0.15, 0.2) is 5.78 Å². The number of aromatic nitrogens is 2. The molecule has 6 heteroatoms. The molecule has 1 aliphatic rings. The summed E-state index contributed by atoms with van der Waals surface area (Å²) >= 11 is 12.0. The Morgan fingerprint density at radius 1 is 1.29 bits per heavy atom. The van der Waals surface area contributed by atoms with Crippen LogP contribution in [0.5, 0.6) is 0 Å². The van der Waals surface area contributed by atoms with Crippen molar-refractivity contribution in [1.29, 1.82) is 0 Å². The summed E-state index contributed by atoms with van der Waals surface area (Å²) in [6, 6.07) is 5.15. The highest BCUT2D eigenvalue weighted by molar-refractivity contribution is 6.36. The predicted molar refractivity (Wildman–Crippen MR) is 83.6 cm³/mol. The summed E-state index contributed by atoms with van der Waals surface area (Å²) in [4.78, 5) is 20.6. The average molecular weight is 322 g/mol. The minimum absolute atomic E-state index is 0.111. The van der Waals surface area contributed by atoms with E-state index in [0.717, 1.165) is 12.1 Å². The molecule has 0 aliphatic heterocycles. The standard InChI is InChI=1S/C15H13Cl2N3O/c1-8-4-13-10(14(21)5-8)7-18-15(20-13)19-12-3-2-9(16)6-11(12)17/h2-3,6-8H,4-5H2,1H3,(H,18,19,20)/t8-/m1/s1. The van der Waals surface area contributed by atoms with Crippen LogP contribution in [0.4, 0.5) is 11.6 Å². The Hall–Kier alpha value is -1.65. The van der Waals surface area contributed by atoms with Gasteiger partial charge in [-0.05, 0) is 30.5 Å². The second-order valence-electron chi connectivity index (χ2n) is 5.24. The van der Waals surface area contributed by atoms with Crippen molar-refractivity contribution in [3.05, 3.63) is 45.7 Å². The van der Waals surface area contributed by atoms with E-state index in [-0.39, 0.29) is 5.78 Å². The second kappa shape index (κ2) is 5.62. The van der Waals surface area contributed by atoms with Crippen molar-refractivity contribution in [1.82, 2.24) is 9.97 Å². The van der Waals surface area contributed by atoms with Crippen LogP contribution in [0, 0.1) is 5.92 Å². The summed E-state index contributed by atoms with van der Waals surface area (Å²) in [5, 5.41) is 4.11. The molecule has 1 heterocycles. The Morgan fingerprint density at radius 3 is 2.86 bits per heavy atom. The molecule has 1 aliphatic carbocycles. The van der Waals surface area contributed by atoms with Crippen molar-refractivity contribution in [2.75, 3.05) is 5.32 Å². The molecule has 3 rings (SSSR count). The summed E-state index contributed by atoms with van der Waals surface area (Å²) in [7, 11) is 0. The van der Waals surface area contributed by atoms with E-state index in [1.54, 1.807) is 24.4 Å². The van der Waals surface area contributed by atoms with Crippen LogP contribution in [0.1, 0.15) is 29.4 Å². The van der Waals surface area contributed by atoms with E-state index in [1.165, 1.54) is 0 Å². The largest absolute Gasteiger partial charge is 0.323 e. The lowest BCUT2D eigenvalue weighted by Crippen LogP contribution is -2.20. The number of hydrogen-bond donors (Lipinski definition) is 1. The number of ketones is 1. The fraction of sp³-hybridized carbons (Fsp3) is 0.267. The van der Waals surface area contributed by atoms with Gasteiger partial charge in [0.05, 0.1) is 22.0 Å². The van der Waals surface area contributed by atoms with Gasteiger partial charge < -0.3 is 5.32 Å². The van der Waals surface area contributed by atoms with Crippen molar-refractivity contribution < 1.29 is 4.79 Å². The number of Topliss-reactive ketones (excluding diaryl/α,β-unsaturated/α-hetero) is 1. The number of nitrogens with one attached hydrogen (secondary N) is 1. The zero-order valence-corrected chi connectivity index (χ0v) is 12.9. The van der Waals surface area contributed by atoms with Gasteiger partial charge in [-0.25, -0.2) is 9.97 Å². The molecule has 0 saturated heterocycles. The van der Waals surface area contributed by atoms with E-state index < -0.39 is 0 Å². The molecule has 1 aromatic carbocycles. The van der Waals surface area contributed by atoms with Crippen LogP contribution in [0.3, 0.4) is 0 Å². The summed E-state index contributed by atoms with van der Waals surface area (Å²) in [5.74, 6) is 0.853. The molecule has 0 amide bonds. The lowest BCUT2D eigenvalue weighted by molar-refractivity contribution is 0.0951. The maximum Gasteiger partial charge on any atom is 0.227 e. The van der Waals surface area contributed by atoms with Gasteiger partial charge in [0.1, 0.15) is 0 Å². The summed E-state index contributed by atoms with van der Waals surface area (Å²) < 4.78 is 0. The molecule has 108 valence electrons. The minimum atomic E-state index is 0.111. The second-order valence-corrected chi connectivity index (χ2v) is 6.08. The molecule has 4 nitrogen and oxygen atoms in total. The first kappa shape index (κ1) is 14.3. The highest BCUT2D eigenvalue weighted by Crippen LogP contribution is 2.28. The average Bonchev–Trinajstić information content (AvgIpc) is 2.41. The maximum atomic E-state index is 11.9. The van der Waals surface area contributed by atoms with Crippen molar-refractivity contribution in [3.63, 3.8) is 0 Å². The number of hydrogen-bond acceptors (Lipinski definition) is 4. The van der Waals surface area contributed by atoms with Crippen LogP contribution < -0.4 is 5.32 Å². The van der Waals surface area contributed by atoms with Gasteiger partial charge in [-0.3, -0.25) is 4.79 Å². The summed E-state index contributed by atoms with van der Waals surface area (Å²) in [5.41, 5.74) is 2.10. The van der Waals surface area contributed by atoms with E-state index in [4.69, 9.17) is 23.2 Å². The van der Waals surface area contributed by atoms with Crippen LogP contribution in [-0.4, -0.2) is 15.8 Å². The number of benzene rings is 1. The molecule has 21 heavy (non-hydrogen) atoms. The number of anilines is 2. The zero-order chi connectivity index (χ0) is 15.0. The molecule has 0 spiro atoms. The molecule has 0 bridgehead atoms. The van der Waals surface area contributed by atoms with Crippen molar-refractivity contribution >= 4 is 40.6 Å². The van der Waals surface area contributed by atoms with Crippen molar-refractivity contribution in [2.45, 2.75) is 19.8 Å². The highest BCUT2D eigenvalue weighted by atomic mass is 35.5. The van der Waals surface area contributed by atoms with Gasteiger partial charge in [-0.1, -0.05) is 30.1 Å². The third kappa shape index (κ3) is 3.01. The van der Waals surface area contributed by atoms with E-state index in [0.29, 0.717) is 39.6 Å². The van der Waals surface area contributed by atoms with Crippen LogP contribution in [0.25, 0.3) is 0 Å². The Labute approximate surface area is 132 Å². The van der Waals surface area contributed by atoms with Crippen LogP contribution >= 0.6 is 23.2 Å². The summed E-state index contributed by atoms with van der Waals surface area (Å²) in [6.07, 6.45) is 2.93. The number of carbonyl (C=O) groups is 1. The minimum Gasteiger partial charge on any atom is -0.323 e. The number of nitrogens with zero attached hydrogens (tertiary/aromatic N) is 2. The topological polar surface area (TPSA) is 54.9 Å². The molecule has 1 N–H and O–H groups in total. The van der Waals surface area contributed by atoms with Gasteiger partial charge in [0, 0.05) is 17.6 Å². The normalized spacial score (nSPS) is 17.5. The lowest BCUT2D eigenvalue weighted by Gasteiger charge is -2.19. The maximum absolute atomic E-state index is 11.9. The monoisotopic (exact) mass is 321 g/mol. The van der Waals surface area contributed by atoms with Gasteiger partial charge in [-0.15, -0.1) is 0 Å². The quantitative estimate of drug-likeness (QED) is 0.896. The molecule has 1 aromatic heterocycles. The van der Waals surface area contributed by atoms with Crippen molar-refractivity contribution in [3.8, 4) is 0 Å². The van der Waals surface area contributed by atoms with E-state index in [1.807, 2.05) is 6.92 Å². The molecule has 2 aromatic rings. The van der Waals surface area contributed by atoms with Crippen LogP contribution in [-0.2, 0) is 6.42 Å². The predicted octanol–water partition coefficient (Wildman–Crippen LogP) is 4.29.